The van der Waals surface area contributed by atoms with Crippen LogP contribution in [-0.2, 0) is 16.4 Å². The average molecular weight is 294 g/mol. The summed E-state index contributed by atoms with van der Waals surface area (Å²) in [5.41, 5.74) is 2.00. The summed E-state index contributed by atoms with van der Waals surface area (Å²) in [6, 6.07) is 5.34. The zero-order valence-electron chi connectivity index (χ0n) is 12.5. The molecule has 0 aromatic heterocycles. The number of rotatable bonds is 5. The molecule has 1 unspecified atom stereocenters. The van der Waals surface area contributed by atoms with Crippen LogP contribution in [0.5, 0.6) is 0 Å². The van der Waals surface area contributed by atoms with Crippen molar-refractivity contribution in [2.24, 2.45) is 11.1 Å². The van der Waals surface area contributed by atoms with Crippen LogP contribution in [0.25, 0.3) is 0 Å². The maximum absolute atomic E-state index is 11.7. The SMILES string of the molecule is CCC(C)c1cc(CC(C)C)c(C#N)cc1S(N)(=O)=O. The summed E-state index contributed by atoms with van der Waals surface area (Å²) in [5.74, 6) is 0.481. The van der Waals surface area contributed by atoms with Gasteiger partial charge in [0.05, 0.1) is 16.5 Å². The van der Waals surface area contributed by atoms with E-state index in [0.29, 0.717) is 17.0 Å². The van der Waals surface area contributed by atoms with Crippen LogP contribution in [0.15, 0.2) is 17.0 Å². The largest absolute Gasteiger partial charge is 0.238 e. The Morgan fingerprint density at radius 3 is 2.30 bits per heavy atom. The number of hydrogen-bond donors (Lipinski definition) is 1. The number of primary sulfonamides is 1. The quantitative estimate of drug-likeness (QED) is 0.906. The van der Waals surface area contributed by atoms with Gasteiger partial charge in [-0.2, -0.15) is 5.26 Å². The third-order valence-corrected chi connectivity index (χ3v) is 4.40. The third-order valence-electron chi connectivity index (χ3n) is 3.43. The van der Waals surface area contributed by atoms with Crippen LogP contribution in [-0.4, -0.2) is 8.42 Å². The molecule has 0 saturated heterocycles. The van der Waals surface area contributed by atoms with Crippen LogP contribution >= 0.6 is 0 Å². The van der Waals surface area contributed by atoms with E-state index < -0.39 is 10.0 Å². The molecule has 110 valence electrons. The number of benzene rings is 1. The van der Waals surface area contributed by atoms with Crippen molar-refractivity contribution < 1.29 is 8.42 Å². The molecule has 1 aromatic carbocycles. The summed E-state index contributed by atoms with van der Waals surface area (Å²) in [6.45, 7) is 8.10. The molecule has 4 nitrogen and oxygen atoms in total. The number of nitrogens with two attached hydrogens (primary N) is 1. The highest BCUT2D eigenvalue weighted by Crippen LogP contribution is 2.29. The molecule has 1 aromatic rings. The van der Waals surface area contributed by atoms with Gasteiger partial charge in [-0.1, -0.05) is 33.8 Å². The van der Waals surface area contributed by atoms with Gasteiger partial charge in [0.2, 0.25) is 10.0 Å². The van der Waals surface area contributed by atoms with Gasteiger partial charge < -0.3 is 0 Å². The standard InChI is InChI=1S/C15H22N2O2S/c1-5-11(4)14-7-12(6-10(2)3)13(9-16)8-15(14)20(17,18)19/h7-8,10-11H,5-6H2,1-4H3,(H2,17,18,19). The van der Waals surface area contributed by atoms with Crippen molar-refractivity contribution in [2.45, 2.75) is 51.3 Å². The van der Waals surface area contributed by atoms with Crippen LogP contribution in [0.2, 0.25) is 0 Å². The molecule has 0 radical (unpaired) electrons. The second-order valence-corrected chi connectivity index (χ2v) is 7.14. The van der Waals surface area contributed by atoms with Gasteiger partial charge >= 0.3 is 0 Å². The average Bonchev–Trinajstić information content (AvgIpc) is 2.35. The van der Waals surface area contributed by atoms with Gasteiger partial charge in [0.15, 0.2) is 0 Å². The molecular formula is C15H22N2O2S. The molecule has 2 N–H and O–H groups in total. The summed E-state index contributed by atoms with van der Waals surface area (Å²) in [7, 11) is -3.82. The first-order chi connectivity index (χ1) is 9.20. The topological polar surface area (TPSA) is 83.9 Å². The minimum Gasteiger partial charge on any atom is -0.225 e. The summed E-state index contributed by atoms with van der Waals surface area (Å²) < 4.78 is 23.5. The molecule has 1 atom stereocenters. The Balaban J connectivity index is 3.58. The van der Waals surface area contributed by atoms with Gasteiger partial charge in [0, 0.05) is 0 Å². The summed E-state index contributed by atoms with van der Waals surface area (Å²) >= 11 is 0. The number of nitrogens with zero attached hydrogens (tertiary/aromatic N) is 1. The molecule has 0 spiro atoms. The fraction of sp³-hybridized carbons (Fsp3) is 0.533. The lowest BCUT2D eigenvalue weighted by molar-refractivity contribution is 0.593. The molecule has 1 rings (SSSR count). The van der Waals surface area contributed by atoms with Gasteiger partial charge in [-0.3, -0.25) is 0 Å². The van der Waals surface area contributed by atoms with E-state index in [1.807, 2.05) is 19.9 Å². The zero-order chi connectivity index (χ0) is 15.5. The molecule has 0 aliphatic heterocycles. The first kappa shape index (κ1) is 16.7. The third kappa shape index (κ3) is 3.81. The Morgan fingerprint density at radius 1 is 1.30 bits per heavy atom. The highest BCUT2D eigenvalue weighted by atomic mass is 32.2. The van der Waals surface area contributed by atoms with E-state index in [0.717, 1.165) is 18.4 Å². The fourth-order valence-electron chi connectivity index (χ4n) is 2.21. The molecule has 0 bridgehead atoms. The molecule has 5 heteroatoms. The predicted molar refractivity (Wildman–Crippen MR) is 79.8 cm³/mol. The monoisotopic (exact) mass is 294 g/mol. The molecule has 0 aliphatic carbocycles. The van der Waals surface area contributed by atoms with Crippen molar-refractivity contribution >= 4 is 10.0 Å². The zero-order valence-corrected chi connectivity index (χ0v) is 13.3. The van der Waals surface area contributed by atoms with E-state index >= 15 is 0 Å². The lowest BCUT2D eigenvalue weighted by atomic mass is 9.91. The maximum atomic E-state index is 11.7. The first-order valence-corrected chi connectivity index (χ1v) is 8.35. The molecule has 0 fully saturated rings. The highest BCUT2D eigenvalue weighted by Gasteiger charge is 2.21. The van der Waals surface area contributed by atoms with E-state index in [4.69, 9.17) is 5.14 Å². The minimum atomic E-state index is -3.82. The van der Waals surface area contributed by atoms with Crippen LogP contribution in [0.1, 0.15) is 56.7 Å². The van der Waals surface area contributed by atoms with E-state index in [1.54, 1.807) is 0 Å². The van der Waals surface area contributed by atoms with E-state index in [-0.39, 0.29) is 10.8 Å². The maximum Gasteiger partial charge on any atom is 0.238 e. The van der Waals surface area contributed by atoms with Crippen molar-refractivity contribution in [3.8, 4) is 6.07 Å². The second-order valence-electron chi connectivity index (χ2n) is 5.61. The molecule has 0 amide bonds. The molecule has 0 aliphatic rings. The van der Waals surface area contributed by atoms with Crippen LogP contribution < -0.4 is 5.14 Å². The Labute approximate surface area is 121 Å². The predicted octanol–water partition coefficient (Wildman–Crippen LogP) is 2.92. The van der Waals surface area contributed by atoms with E-state index in [1.165, 1.54) is 6.07 Å². The summed E-state index contributed by atoms with van der Waals surface area (Å²) in [4.78, 5) is 0.0795. The number of nitriles is 1. The fourth-order valence-corrected chi connectivity index (χ4v) is 3.08. The van der Waals surface area contributed by atoms with Crippen LogP contribution in [0.3, 0.4) is 0 Å². The van der Waals surface area contributed by atoms with Gasteiger partial charge in [0.1, 0.15) is 0 Å². The van der Waals surface area contributed by atoms with Gasteiger partial charge in [0.25, 0.3) is 0 Å². The minimum absolute atomic E-state index is 0.0795. The summed E-state index contributed by atoms with van der Waals surface area (Å²) in [6.07, 6.45) is 1.56. The van der Waals surface area contributed by atoms with Crippen molar-refractivity contribution in [2.75, 3.05) is 0 Å². The summed E-state index contributed by atoms with van der Waals surface area (Å²) in [5, 5.41) is 14.5. The Kier molecular flexibility index (Phi) is 5.32. The van der Waals surface area contributed by atoms with Crippen molar-refractivity contribution in [1.29, 1.82) is 5.26 Å². The van der Waals surface area contributed by atoms with Crippen molar-refractivity contribution in [3.63, 3.8) is 0 Å². The van der Waals surface area contributed by atoms with Gasteiger partial charge in [-0.05, 0) is 41.9 Å². The number of sulfonamides is 1. The lowest BCUT2D eigenvalue weighted by Crippen LogP contribution is -2.17. The lowest BCUT2D eigenvalue weighted by Gasteiger charge is -2.17. The van der Waals surface area contributed by atoms with Crippen molar-refractivity contribution in [3.05, 3.63) is 28.8 Å². The highest BCUT2D eigenvalue weighted by molar-refractivity contribution is 7.89. The van der Waals surface area contributed by atoms with Crippen molar-refractivity contribution in [1.82, 2.24) is 0 Å². The van der Waals surface area contributed by atoms with E-state index in [9.17, 15) is 13.7 Å². The van der Waals surface area contributed by atoms with Gasteiger partial charge in [-0.25, -0.2) is 13.6 Å². The molecule has 0 heterocycles. The molecule has 20 heavy (non-hydrogen) atoms. The van der Waals surface area contributed by atoms with E-state index in [2.05, 4.69) is 19.9 Å². The first-order valence-electron chi connectivity index (χ1n) is 6.80. The Hall–Kier alpha value is -1.38. The smallest absolute Gasteiger partial charge is 0.225 e. The molecule has 0 saturated carbocycles. The van der Waals surface area contributed by atoms with Gasteiger partial charge in [-0.15, -0.1) is 0 Å². The number of hydrogen-bond acceptors (Lipinski definition) is 3. The second kappa shape index (κ2) is 6.38. The van der Waals surface area contributed by atoms with Crippen LogP contribution in [0, 0.1) is 17.2 Å². The Morgan fingerprint density at radius 2 is 1.90 bits per heavy atom. The van der Waals surface area contributed by atoms with Crippen LogP contribution in [0.4, 0.5) is 0 Å². The molecular weight excluding hydrogens is 272 g/mol. The normalized spacial score (nSPS) is 13.2. The Bertz CT molecular complexity index is 628.